The second-order valence-corrected chi connectivity index (χ2v) is 5.45. The van der Waals surface area contributed by atoms with Crippen molar-refractivity contribution in [1.82, 2.24) is 15.2 Å². The molecule has 1 aromatic heterocycles. The van der Waals surface area contributed by atoms with Crippen molar-refractivity contribution in [2.24, 2.45) is 0 Å². The van der Waals surface area contributed by atoms with E-state index in [1.807, 2.05) is 0 Å². The van der Waals surface area contributed by atoms with Gasteiger partial charge in [-0.05, 0) is 32.2 Å². The molecule has 2 fully saturated rings. The molecule has 0 aliphatic carbocycles. The molecule has 3 rings (SSSR count). The molecule has 102 valence electrons. The van der Waals surface area contributed by atoms with Crippen molar-refractivity contribution in [3.63, 3.8) is 0 Å². The van der Waals surface area contributed by atoms with Crippen molar-refractivity contribution >= 4 is 5.91 Å². The number of piperidine rings is 1. The van der Waals surface area contributed by atoms with Crippen LogP contribution in [0, 0.1) is 0 Å². The molecule has 2 N–H and O–H groups in total. The zero-order valence-corrected chi connectivity index (χ0v) is 10.9. The third kappa shape index (κ3) is 2.56. The van der Waals surface area contributed by atoms with Gasteiger partial charge in [0.25, 0.3) is 5.91 Å². The summed E-state index contributed by atoms with van der Waals surface area (Å²) in [4.78, 5) is 29.0. The Hall–Kier alpha value is -1.62. The molecule has 0 aromatic carbocycles. The van der Waals surface area contributed by atoms with Gasteiger partial charge in [0, 0.05) is 37.1 Å². The minimum Gasteiger partial charge on any atom is -0.367 e. The van der Waals surface area contributed by atoms with Crippen LogP contribution >= 0.6 is 0 Å². The number of aromatic nitrogens is 1. The van der Waals surface area contributed by atoms with E-state index in [1.54, 1.807) is 0 Å². The summed E-state index contributed by atoms with van der Waals surface area (Å²) in [5.74, 6) is -0.252. The van der Waals surface area contributed by atoms with Gasteiger partial charge in [-0.2, -0.15) is 0 Å². The summed E-state index contributed by atoms with van der Waals surface area (Å²) in [6.45, 7) is 2.25. The topological polar surface area (TPSA) is 65.2 Å². The molecule has 2 aliphatic heterocycles. The number of nitrogens with one attached hydrogen (secondary N) is 2. The summed E-state index contributed by atoms with van der Waals surface area (Å²) in [7, 11) is 0. The SMILES string of the molecule is O=C(NC1CCN2CCCC2C1)c1c[nH]ccc1=O. The maximum Gasteiger partial charge on any atom is 0.256 e. The number of hydrogen-bond donors (Lipinski definition) is 2. The quantitative estimate of drug-likeness (QED) is 0.825. The third-order valence-corrected chi connectivity index (χ3v) is 4.22. The number of hydrogen-bond acceptors (Lipinski definition) is 3. The molecular formula is C14H19N3O2. The van der Waals surface area contributed by atoms with Crippen LogP contribution in [-0.4, -0.2) is 41.0 Å². The number of H-pyrrole nitrogens is 1. The molecule has 2 unspecified atom stereocenters. The summed E-state index contributed by atoms with van der Waals surface area (Å²) >= 11 is 0. The summed E-state index contributed by atoms with van der Waals surface area (Å²) < 4.78 is 0. The van der Waals surface area contributed by atoms with Crippen molar-refractivity contribution in [1.29, 1.82) is 0 Å². The summed E-state index contributed by atoms with van der Waals surface area (Å²) in [5, 5.41) is 3.00. The highest BCUT2D eigenvalue weighted by atomic mass is 16.2. The molecule has 1 aromatic rings. The Labute approximate surface area is 112 Å². The first-order valence-corrected chi connectivity index (χ1v) is 6.96. The monoisotopic (exact) mass is 261 g/mol. The van der Waals surface area contributed by atoms with Gasteiger partial charge in [-0.3, -0.25) is 9.59 Å². The van der Waals surface area contributed by atoms with Crippen molar-refractivity contribution in [2.75, 3.05) is 13.1 Å². The number of pyridine rings is 1. The molecule has 19 heavy (non-hydrogen) atoms. The standard InChI is InChI=1S/C14H19N3O2/c18-13-3-5-15-9-12(13)14(19)16-10-4-7-17-6-1-2-11(17)8-10/h3,5,9-11H,1-2,4,6-8H2,(H,15,18)(H,16,19). The fourth-order valence-corrected chi connectivity index (χ4v) is 3.21. The highest BCUT2D eigenvalue weighted by Crippen LogP contribution is 2.26. The van der Waals surface area contributed by atoms with Crippen LogP contribution in [0.4, 0.5) is 0 Å². The van der Waals surface area contributed by atoms with E-state index < -0.39 is 0 Å². The minimum absolute atomic E-state index is 0.200. The number of amides is 1. The van der Waals surface area contributed by atoms with E-state index in [1.165, 1.54) is 37.8 Å². The Morgan fingerprint density at radius 2 is 2.26 bits per heavy atom. The molecule has 5 heteroatoms. The van der Waals surface area contributed by atoms with Crippen molar-refractivity contribution in [2.45, 2.75) is 37.8 Å². The average Bonchev–Trinajstić information content (AvgIpc) is 2.86. The first-order valence-electron chi connectivity index (χ1n) is 6.96. The lowest BCUT2D eigenvalue weighted by Gasteiger charge is -2.35. The van der Waals surface area contributed by atoms with Crippen LogP contribution < -0.4 is 10.7 Å². The lowest BCUT2D eigenvalue weighted by molar-refractivity contribution is 0.0895. The van der Waals surface area contributed by atoms with Gasteiger partial charge in [-0.1, -0.05) is 0 Å². The lowest BCUT2D eigenvalue weighted by Crippen LogP contribution is -2.47. The van der Waals surface area contributed by atoms with Crippen LogP contribution in [0.2, 0.25) is 0 Å². The molecule has 3 heterocycles. The first kappa shape index (κ1) is 12.4. The van der Waals surface area contributed by atoms with Crippen molar-refractivity contribution in [3.8, 4) is 0 Å². The number of rotatable bonds is 2. The molecule has 0 spiro atoms. The number of carbonyl (C=O) groups is 1. The maximum atomic E-state index is 12.1. The minimum atomic E-state index is -0.252. The molecule has 2 saturated heterocycles. The molecule has 2 aliphatic rings. The van der Waals surface area contributed by atoms with Crippen molar-refractivity contribution < 1.29 is 4.79 Å². The van der Waals surface area contributed by atoms with Gasteiger partial charge >= 0.3 is 0 Å². The smallest absolute Gasteiger partial charge is 0.256 e. The van der Waals surface area contributed by atoms with E-state index in [2.05, 4.69) is 15.2 Å². The van der Waals surface area contributed by atoms with E-state index in [0.717, 1.165) is 19.4 Å². The van der Waals surface area contributed by atoms with Crippen LogP contribution in [0.3, 0.4) is 0 Å². The van der Waals surface area contributed by atoms with Gasteiger partial charge in [0.1, 0.15) is 5.56 Å². The van der Waals surface area contributed by atoms with Gasteiger partial charge in [0.15, 0.2) is 5.43 Å². The van der Waals surface area contributed by atoms with E-state index in [9.17, 15) is 9.59 Å². The van der Waals surface area contributed by atoms with Crippen LogP contribution in [0.5, 0.6) is 0 Å². The highest BCUT2D eigenvalue weighted by molar-refractivity contribution is 5.93. The van der Waals surface area contributed by atoms with Gasteiger partial charge in [0.2, 0.25) is 0 Å². The zero-order chi connectivity index (χ0) is 13.2. The lowest BCUT2D eigenvalue weighted by atomic mass is 9.97. The molecule has 0 bridgehead atoms. The molecule has 2 atom stereocenters. The Kier molecular flexibility index (Phi) is 3.38. The molecule has 0 saturated carbocycles. The number of nitrogens with zero attached hydrogens (tertiary/aromatic N) is 1. The Morgan fingerprint density at radius 1 is 1.37 bits per heavy atom. The summed E-state index contributed by atoms with van der Waals surface area (Å²) in [6, 6.07) is 2.20. The average molecular weight is 261 g/mol. The predicted molar refractivity (Wildman–Crippen MR) is 72.1 cm³/mol. The van der Waals surface area contributed by atoms with Gasteiger partial charge < -0.3 is 15.2 Å². The number of fused-ring (bicyclic) bond motifs is 1. The zero-order valence-electron chi connectivity index (χ0n) is 10.9. The normalized spacial score (nSPS) is 26.9. The highest BCUT2D eigenvalue weighted by Gasteiger charge is 2.32. The largest absolute Gasteiger partial charge is 0.367 e. The van der Waals surface area contributed by atoms with Crippen LogP contribution in [-0.2, 0) is 0 Å². The third-order valence-electron chi connectivity index (χ3n) is 4.22. The summed E-state index contributed by atoms with van der Waals surface area (Å²) in [6.07, 6.45) is 7.50. The van der Waals surface area contributed by atoms with Gasteiger partial charge in [0.05, 0.1) is 0 Å². The number of carbonyl (C=O) groups excluding carboxylic acids is 1. The molecule has 5 nitrogen and oxygen atoms in total. The summed E-state index contributed by atoms with van der Waals surface area (Å²) in [5.41, 5.74) is -0.0223. The second kappa shape index (κ2) is 5.17. The fraction of sp³-hybridized carbons (Fsp3) is 0.571. The molecule has 1 amide bonds. The van der Waals surface area contributed by atoms with Crippen LogP contribution in [0.25, 0.3) is 0 Å². The molecular weight excluding hydrogens is 242 g/mol. The Bertz CT molecular complexity index is 525. The Balaban J connectivity index is 1.64. The van der Waals surface area contributed by atoms with Crippen LogP contribution in [0.1, 0.15) is 36.0 Å². The van der Waals surface area contributed by atoms with E-state index in [0.29, 0.717) is 6.04 Å². The Morgan fingerprint density at radius 3 is 3.11 bits per heavy atom. The van der Waals surface area contributed by atoms with Gasteiger partial charge in [-0.15, -0.1) is 0 Å². The van der Waals surface area contributed by atoms with Crippen molar-refractivity contribution in [3.05, 3.63) is 34.2 Å². The fourth-order valence-electron chi connectivity index (χ4n) is 3.21. The molecule has 0 radical (unpaired) electrons. The van der Waals surface area contributed by atoms with E-state index in [4.69, 9.17) is 0 Å². The first-order chi connectivity index (χ1) is 9.24. The van der Waals surface area contributed by atoms with E-state index in [-0.39, 0.29) is 22.9 Å². The predicted octanol–water partition coefficient (Wildman–Crippen LogP) is 0.731. The van der Waals surface area contributed by atoms with Crippen LogP contribution in [0.15, 0.2) is 23.3 Å². The van der Waals surface area contributed by atoms with E-state index >= 15 is 0 Å². The van der Waals surface area contributed by atoms with Gasteiger partial charge in [-0.25, -0.2) is 0 Å². The second-order valence-electron chi connectivity index (χ2n) is 5.45. The number of aromatic amines is 1. The maximum absolute atomic E-state index is 12.1.